The van der Waals surface area contributed by atoms with E-state index in [2.05, 4.69) is 10.2 Å². The van der Waals surface area contributed by atoms with Gasteiger partial charge in [-0.3, -0.25) is 5.10 Å². The molecule has 0 amide bonds. The summed E-state index contributed by atoms with van der Waals surface area (Å²) in [5.41, 5.74) is 2.36. The highest BCUT2D eigenvalue weighted by atomic mass is 16.5. The minimum absolute atomic E-state index is 0.350. The molecule has 1 aliphatic rings. The molecule has 1 aromatic rings. The van der Waals surface area contributed by atoms with Crippen LogP contribution in [0.3, 0.4) is 0 Å². The summed E-state index contributed by atoms with van der Waals surface area (Å²) in [7, 11) is 0. The Bertz CT molecular complexity index is 360. The van der Waals surface area contributed by atoms with Crippen LogP contribution in [0.5, 0.6) is 0 Å². The molecular weight excluding hydrogens is 196 g/mol. The monoisotopic (exact) mass is 210 g/mol. The van der Waals surface area contributed by atoms with Crippen molar-refractivity contribution in [3.8, 4) is 0 Å². The minimum Gasteiger partial charge on any atom is -0.461 e. The van der Waals surface area contributed by atoms with E-state index < -0.39 is 0 Å². The summed E-state index contributed by atoms with van der Waals surface area (Å²) in [4.78, 5) is 11.5. The Morgan fingerprint density at radius 1 is 1.53 bits per heavy atom. The molecule has 1 aliphatic heterocycles. The quantitative estimate of drug-likeness (QED) is 0.730. The fourth-order valence-electron chi connectivity index (χ4n) is 1.70. The summed E-state index contributed by atoms with van der Waals surface area (Å²) in [5.74, 6) is -0.350. The topological polar surface area (TPSA) is 64.2 Å². The van der Waals surface area contributed by atoms with E-state index >= 15 is 0 Å². The van der Waals surface area contributed by atoms with E-state index in [1.54, 1.807) is 6.92 Å². The highest BCUT2D eigenvalue weighted by molar-refractivity contribution is 5.89. The van der Waals surface area contributed by atoms with Crippen LogP contribution in [0.1, 0.15) is 28.7 Å². The number of esters is 1. The number of nitrogens with zero attached hydrogens (tertiary/aromatic N) is 1. The molecule has 0 aliphatic carbocycles. The van der Waals surface area contributed by atoms with Gasteiger partial charge in [0.1, 0.15) is 0 Å². The summed E-state index contributed by atoms with van der Waals surface area (Å²) >= 11 is 0. The SMILES string of the molecule is CCOC(=O)c1n[nH]c2c1CCOCC2. The van der Waals surface area contributed by atoms with Gasteiger partial charge in [-0.05, 0) is 6.92 Å². The molecule has 82 valence electrons. The van der Waals surface area contributed by atoms with Gasteiger partial charge in [0.05, 0.1) is 19.8 Å². The first-order chi connectivity index (χ1) is 7.33. The first kappa shape index (κ1) is 10.2. The Hall–Kier alpha value is -1.36. The van der Waals surface area contributed by atoms with Crippen molar-refractivity contribution in [1.29, 1.82) is 0 Å². The van der Waals surface area contributed by atoms with Gasteiger partial charge in [-0.2, -0.15) is 5.10 Å². The van der Waals surface area contributed by atoms with E-state index in [4.69, 9.17) is 9.47 Å². The Morgan fingerprint density at radius 3 is 3.13 bits per heavy atom. The second kappa shape index (κ2) is 4.44. The number of carbonyl (C=O) groups excluding carboxylic acids is 1. The number of aromatic nitrogens is 2. The zero-order valence-electron chi connectivity index (χ0n) is 8.71. The Morgan fingerprint density at radius 2 is 2.33 bits per heavy atom. The predicted molar refractivity (Wildman–Crippen MR) is 52.8 cm³/mol. The first-order valence-corrected chi connectivity index (χ1v) is 5.14. The lowest BCUT2D eigenvalue weighted by molar-refractivity contribution is 0.0517. The van der Waals surface area contributed by atoms with E-state index in [0.29, 0.717) is 25.5 Å². The lowest BCUT2D eigenvalue weighted by Crippen LogP contribution is -2.09. The molecule has 0 bridgehead atoms. The largest absolute Gasteiger partial charge is 0.461 e. The number of H-pyrrole nitrogens is 1. The van der Waals surface area contributed by atoms with Gasteiger partial charge in [0.15, 0.2) is 5.69 Å². The van der Waals surface area contributed by atoms with Gasteiger partial charge in [-0.25, -0.2) is 4.79 Å². The molecule has 0 fully saturated rings. The molecule has 0 atom stereocenters. The van der Waals surface area contributed by atoms with Crippen LogP contribution in [-0.4, -0.2) is 36.0 Å². The second-order valence-electron chi connectivity index (χ2n) is 3.36. The van der Waals surface area contributed by atoms with Crippen LogP contribution in [-0.2, 0) is 22.3 Å². The molecule has 0 spiro atoms. The first-order valence-electron chi connectivity index (χ1n) is 5.14. The van der Waals surface area contributed by atoms with Crippen LogP contribution in [0, 0.1) is 0 Å². The number of carbonyl (C=O) groups is 1. The van der Waals surface area contributed by atoms with Crippen molar-refractivity contribution in [3.05, 3.63) is 17.0 Å². The van der Waals surface area contributed by atoms with Gasteiger partial charge in [-0.15, -0.1) is 0 Å². The summed E-state index contributed by atoms with van der Waals surface area (Å²) in [6.45, 7) is 3.47. The number of aromatic amines is 1. The number of rotatable bonds is 2. The number of fused-ring (bicyclic) bond motifs is 1. The van der Waals surface area contributed by atoms with Crippen molar-refractivity contribution < 1.29 is 14.3 Å². The summed E-state index contributed by atoms with van der Waals surface area (Å²) in [6, 6.07) is 0. The van der Waals surface area contributed by atoms with E-state index in [1.807, 2.05) is 0 Å². The van der Waals surface area contributed by atoms with E-state index in [9.17, 15) is 4.79 Å². The molecule has 5 nitrogen and oxygen atoms in total. The molecule has 0 unspecified atom stereocenters. The number of hydrogen-bond donors (Lipinski definition) is 1. The van der Waals surface area contributed by atoms with Crippen molar-refractivity contribution in [3.63, 3.8) is 0 Å². The van der Waals surface area contributed by atoms with Crippen molar-refractivity contribution >= 4 is 5.97 Å². The van der Waals surface area contributed by atoms with Crippen LogP contribution in [0.2, 0.25) is 0 Å². The van der Waals surface area contributed by atoms with Crippen LogP contribution in [0.4, 0.5) is 0 Å². The van der Waals surface area contributed by atoms with E-state index in [-0.39, 0.29) is 5.97 Å². The van der Waals surface area contributed by atoms with Crippen LogP contribution >= 0.6 is 0 Å². The zero-order valence-corrected chi connectivity index (χ0v) is 8.71. The second-order valence-corrected chi connectivity index (χ2v) is 3.36. The fourth-order valence-corrected chi connectivity index (χ4v) is 1.70. The molecular formula is C10H14N2O3. The van der Waals surface area contributed by atoms with Gasteiger partial charge in [0.2, 0.25) is 0 Å². The minimum atomic E-state index is -0.350. The molecule has 5 heteroatoms. The average Bonchev–Trinajstić information content (AvgIpc) is 2.48. The third-order valence-electron chi connectivity index (χ3n) is 2.41. The molecule has 15 heavy (non-hydrogen) atoms. The maximum Gasteiger partial charge on any atom is 0.359 e. The van der Waals surface area contributed by atoms with Crippen LogP contribution in [0.15, 0.2) is 0 Å². The maximum absolute atomic E-state index is 11.5. The van der Waals surface area contributed by atoms with Gasteiger partial charge in [-0.1, -0.05) is 0 Å². The Balaban J connectivity index is 2.25. The molecule has 0 saturated carbocycles. The molecule has 0 saturated heterocycles. The Kier molecular flexibility index (Phi) is 3.01. The smallest absolute Gasteiger partial charge is 0.359 e. The summed E-state index contributed by atoms with van der Waals surface area (Å²) in [6.07, 6.45) is 1.50. The van der Waals surface area contributed by atoms with Gasteiger partial charge in [0, 0.05) is 24.1 Å². The molecule has 0 aromatic carbocycles. The summed E-state index contributed by atoms with van der Waals surface area (Å²) in [5, 5.41) is 6.88. The Labute approximate surface area is 87.8 Å². The van der Waals surface area contributed by atoms with Crippen molar-refractivity contribution in [2.24, 2.45) is 0 Å². The summed E-state index contributed by atoms with van der Waals surface area (Å²) < 4.78 is 10.3. The van der Waals surface area contributed by atoms with E-state index in [1.165, 1.54) is 0 Å². The highest BCUT2D eigenvalue weighted by Crippen LogP contribution is 2.16. The number of nitrogens with one attached hydrogen (secondary N) is 1. The van der Waals surface area contributed by atoms with Gasteiger partial charge < -0.3 is 9.47 Å². The maximum atomic E-state index is 11.5. The van der Waals surface area contributed by atoms with Crippen molar-refractivity contribution in [2.45, 2.75) is 19.8 Å². The van der Waals surface area contributed by atoms with Crippen molar-refractivity contribution in [1.82, 2.24) is 10.2 Å². The standard InChI is InChI=1S/C10H14N2O3/c1-2-15-10(13)9-7-3-5-14-6-4-8(7)11-12-9/h2-6H2,1H3,(H,11,12). The third-order valence-corrected chi connectivity index (χ3v) is 2.41. The lowest BCUT2D eigenvalue weighted by Gasteiger charge is -2.01. The lowest BCUT2D eigenvalue weighted by atomic mass is 10.1. The van der Waals surface area contributed by atoms with E-state index in [0.717, 1.165) is 24.1 Å². The normalized spacial score (nSPS) is 15.5. The van der Waals surface area contributed by atoms with Gasteiger partial charge >= 0.3 is 5.97 Å². The highest BCUT2D eigenvalue weighted by Gasteiger charge is 2.21. The van der Waals surface area contributed by atoms with Crippen molar-refractivity contribution in [2.75, 3.05) is 19.8 Å². The fraction of sp³-hybridized carbons (Fsp3) is 0.600. The van der Waals surface area contributed by atoms with Crippen LogP contribution in [0.25, 0.3) is 0 Å². The molecule has 2 heterocycles. The average molecular weight is 210 g/mol. The molecule has 2 rings (SSSR count). The third kappa shape index (κ3) is 2.02. The van der Waals surface area contributed by atoms with Gasteiger partial charge in [0.25, 0.3) is 0 Å². The molecule has 0 radical (unpaired) electrons. The zero-order chi connectivity index (χ0) is 10.7. The number of hydrogen-bond acceptors (Lipinski definition) is 4. The predicted octanol–water partition coefficient (Wildman–Crippen LogP) is 0.702. The molecule has 1 N–H and O–H groups in total. The molecule has 1 aromatic heterocycles. The van der Waals surface area contributed by atoms with Crippen LogP contribution < -0.4 is 0 Å². The number of ether oxygens (including phenoxy) is 2.